The third-order valence-electron chi connectivity index (χ3n) is 3.88. The topological polar surface area (TPSA) is 61.4 Å². The summed E-state index contributed by atoms with van der Waals surface area (Å²) in [6, 6.07) is 8.99. The van der Waals surface area contributed by atoms with Gasteiger partial charge in [-0.05, 0) is 59.4 Å². The highest BCUT2D eigenvalue weighted by Crippen LogP contribution is 2.20. The molecule has 0 amide bonds. The van der Waals surface area contributed by atoms with E-state index in [-0.39, 0.29) is 18.2 Å². The van der Waals surface area contributed by atoms with Gasteiger partial charge in [-0.15, -0.1) is 11.3 Å². The molecule has 3 aromatic heterocycles. The van der Waals surface area contributed by atoms with Gasteiger partial charge < -0.3 is 13.7 Å². The van der Waals surface area contributed by atoms with Crippen molar-refractivity contribution < 1.29 is 18.7 Å². The molecule has 0 saturated carbocycles. The van der Waals surface area contributed by atoms with Gasteiger partial charge in [0.15, 0.2) is 11.3 Å². The zero-order valence-corrected chi connectivity index (χ0v) is 16.1. The summed E-state index contributed by atoms with van der Waals surface area (Å²) in [5, 5.41) is 2.03. The number of Topliss-reactive ketones (excluding diaryl/α,β-unsaturated/α-hetero) is 1. The molecular weight excluding hydrogens is 406 g/mol. The highest BCUT2D eigenvalue weighted by Gasteiger charge is 2.19. The number of nitrogens with zero attached hydrogens (tertiary/aromatic N) is 1. The van der Waals surface area contributed by atoms with Gasteiger partial charge in [0, 0.05) is 21.8 Å². The molecule has 130 valence electrons. The molecule has 0 aliphatic heterocycles. The number of esters is 1. The lowest BCUT2D eigenvalue weighted by Crippen LogP contribution is -2.14. The smallest absolute Gasteiger partial charge is 0.374 e. The number of aryl methyl sites for hydroxylation is 1. The average molecular weight is 422 g/mol. The molecule has 3 rings (SSSR count). The van der Waals surface area contributed by atoms with Gasteiger partial charge in [0.2, 0.25) is 11.5 Å². The van der Waals surface area contributed by atoms with Gasteiger partial charge in [0.1, 0.15) is 0 Å². The van der Waals surface area contributed by atoms with Crippen molar-refractivity contribution in [3.8, 4) is 0 Å². The molecule has 5 nitrogen and oxygen atoms in total. The number of furan rings is 1. The Kier molecular flexibility index (Phi) is 5.24. The Bertz CT molecular complexity index is 908. The lowest BCUT2D eigenvalue weighted by atomic mass is 10.1. The largest absolute Gasteiger partial charge is 0.451 e. The molecule has 0 atom stereocenters. The monoisotopic (exact) mass is 421 g/mol. The summed E-state index contributed by atoms with van der Waals surface area (Å²) in [5.74, 6) is -0.834. The van der Waals surface area contributed by atoms with Gasteiger partial charge in [0.25, 0.3) is 0 Å². The Labute approximate surface area is 157 Å². The second kappa shape index (κ2) is 7.41. The Morgan fingerprint density at radius 1 is 1.28 bits per heavy atom. The van der Waals surface area contributed by atoms with Crippen LogP contribution in [0.4, 0.5) is 0 Å². The fourth-order valence-electron chi connectivity index (χ4n) is 2.59. The van der Waals surface area contributed by atoms with Gasteiger partial charge in [-0.1, -0.05) is 6.07 Å². The van der Waals surface area contributed by atoms with E-state index in [1.165, 1.54) is 10.9 Å². The summed E-state index contributed by atoms with van der Waals surface area (Å²) in [7, 11) is 0. The van der Waals surface area contributed by atoms with E-state index < -0.39 is 5.97 Å². The van der Waals surface area contributed by atoms with E-state index in [4.69, 9.17) is 9.15 Å². The third-order valence-corrected chi connectivity index (χ3v) is 5.16. The van der Waals surface area contributed by atoms with Gasteiger partial charge in [0.05, 0.1) is 6.54 Å². The second-order valence-corrected chi connectivity index (χ2v) is 7.37. The molecule has 0 fully saturated rings. The summed E-state index contributed by atoms with van der Waals surface area (Å²) in [6.45, 7) is 4.27. The molecule has 0 bridgehead atoms. The molecule has 3 heterocycles. The maximum absolute atomic E-state index is 12.4. The van der Waals surface area contributed by atoms with E-state index in [1.54, 1.807) is 17.4 Å². The standard InChI is InChI=1S/C18H16BrNO4S/c1-11-8-14(12(2)20(11)9-13-4-3-7-25-13)15(21)10-23-18(22)16-5-6-17(19)24-16/h3-8H,9-10H2,1-2H3. The second-order valence-electron chi connectivity index (χ2n) is 5.55. The molecule has 0 saturated heterocycles. The highest BCUT2D eigenvalue weighted by molar-refractivity contribution is 9.10. The summed E-state index contributed by atoms with van der Waals surface area (Å²) in [5.41, 5.74) is 2.44. The number of ether oxygens (including phenoxy) is 1. The maximum Gasteiger partial charge on any atom is 0.374 e. The Hall–Kier alpha value is -2.12. The van der Waals surface area contributed by atoms with Crippen LogP contribution in [0.25, 0.3) is 0 Å². The number of hydrogen-bond donors (Lipinski definition) is 0. The maximum atomic E-state index is 12.4. The van der Waals surface area contributed by atoms with Crippen LogP contribution >= 0.6 is 27.3 Å². The molecule has 0 aliphatic rings. The van der Waals surface area contributed by atoms with E-state index in [2.05, 4.69) is 26.6 Å². The molecule has 0 unspecified atom stereocenters. The van der Waals surface area contributed by atoms with Crippen LogP contribution < -0.4 is 0 Å². The van der Waals surface area contributed by atoms with E-state index in [0.717, 1.165) is 17.9 Å². The van der Waals surface area contributed by atoms with E-state index in [9.17, 15) is 9.59 Å². The summed E-state index contributed by atoms with van der Waals surface area (Å²) >= 11 is 4.80. The van der Waals surface area contributed by atoms with Crippen molar-refractivity contribution in [2.75, 3.05) is 6.61 Å². The molecule has 0 aromatic carbocycles. The number of hydrogen-bond acceptors (Lipinski definition) is 5. The first-order valence-electron chi connectivity index (χ1n) is 7.60. The van der Waals surface area contributed by atoms with Crippen LogP contribution in [0, 0.1) is 13.8 Å². The lowest BCUT2D eigenvalue weighted by Gasteiger charge is -2.08. The number of carbonyl (C=O) groups is 2. The minimum absolute atomic E-state index is 0.0582. The third kappa shape index (κ3) is 3.93. The number of aromatic nitrogens is 1. The van der Waals surface area contributed by atoms with Crippen molar-refractivity contribution in [1.29, 1.82) is 0 Å². The Balaban J connectivity index is 1.69. The fourth-order valence-corrected chi connectivity index (χ4v) is 3.59. The Morgan fingerprint density at radius 3 is 2.72 bits per heavy atom. The van der Waals surface area contributed by atoms with Gasteiger partial charge in [-0.3, -0.25) is 4.79 Å². The van der Waals surface area contributed by atoms with E-state index >= 15 is 0 Å². The van der Waals surface area contributed by atoms with Crippen molar-refractivity contribution in [3.05, 3.63) is 68.0 Å². The number of halogens is 1. The predicted molar refractivity (Wildman–Crippen MR) is 98.3 cm³/mol. The zero-order chi connectivity index (χ0) is 18.0. The summed E-state index contributed by atoms with van der Waals surface area (Å²) in [4.78, 5) is 25.5. The molecule has 0 N–H and O–H groups in total. The average Bonchev–Trinajstić information content (AvgIpc) is 3.30. The zero-order valence-electron chi connectivity index (χ0n) is 13.7. The summed E-state index contributed by atoms with van der Waals surface area (Å²) in [6.07, 6.45) is 0. The lowest BCUT2D eigenvalue weighted by molar-refractivity contribution is 0.0442. The SMILES string of the molecule is Cc1cc(C(=O)COC(=O)c2ccc(Br)o2)c(C)n1Cc1cccs1. The number of thiophene rings is 1. The first kappa shape index (κ1) is 17.7. The van der Waals surface area contributed by atoms with Crippen LogP contribution in [-0.4, -0.2) is 22.9 Å². The minimum atomic E-state index is -0.661. The molecule has 3 aromatic rings. The fraction of sp³-hybridized carbons (Fsp3) is 0.222. The van der Waals surface area contributed by atoms with Gasteiger partial charge >= 0.3 is 5.97 Å². The minimum Gasteiger partial charge on any atom is -0.451 e. The molecule has 7 heteroatoms. The number of carbonyl (C=O) groups excluding carboxylic acids is 2. The molecule has 0 radical (unpaired) electrons. The predicted octanol–water partition coefficient (Wildman–Crippen LogP) is 4.61. The first-order chi connectivity index (χ1) is 12.0. The van der Waals surface area contributed by atoms with Crippen LogP contribution in [0.5, 0.6) is 0 Å². The molecular formula is C18H16BrNO4S. The molecule has 0 spiro atoms. The highest BCUT2D eigenvalue weighted by atomic mass is 79.9. The van der Waals surface area contributed by atoms with Crippen LogP contribution in [0.2, 0.25) is 0 Å². The molecule has 0 aliphatic carbocycles. The van der Waals surface area contributed by atoms with E-state index in [0.29, 0.717) is 10.2 Å². The number of rotatable bonds is 6. The van der Waals surface area contributed by atoms with Crippen molar-refractivity contribution in [2.24, 2.45) is 0 Å². The van der Waals surface area contributed by atoms with E-state index in [1.807, 2.05) is 31.4 Å². The normalized spacial score (nSPS) is 10.8. The van der Waals surface area contributed by atoms with Gasteiger partial charge in [-0.2, -0.15) is 0 Å². The van der Waals surface area contributed by atoms with Crippen molar-refractivity contribution in [3.63, 3.8) is 0 Å². The van der Waals surface area contributed by atoms with Crippen LogP contribution in [0.15, 0.2) is 44.8 Å². The van der Waals surface area contributed by atoms with Crippen molar-refractivity contribution in [2.45, 2.75) is 20.4 Å². The van der Waals surface area contributed by atoms with Crippen LogP contribution in [-0.2, 0) is 11.3 Å². The van der Waals surface area contributed by atoms with Crippen LogP contribution in [0.3, 0.4) is 0 Å². The number of ketones is 1. The van der Waals surface area contributed by atoms with Crippen LogP contribution in [0.1, 0.15) is 37.2 Å². The quantitative estimate of drug-likeness (QED) is 0.430. The molecule has 25 heavy (non-hydrogen) atoms. The van der Waals surface area contributed by atoms with Crippen molar-refractivity contribution >= 4 is 39.0 Å². The summed E-state index contributed by atoms with van der Waals surface area (Å²) < 4.78 is 12.7. The Morgan fingerprint density at radius 2 is 2.08 bits per heavy atom. The first-order valence-corrected chi connectivity index (χ1v) is 9.27. The van der Waals surface area contributed by atoms with Gasteiger partial charge in [-0.25, -0.2) is 4.79 Å². The van der Waals surface area contributed by atoms with Crippen molar-refractivity contribution in [1.82, 2.24) is 4.57 Å².